The minimum absolute atomic E-state index is 0.0818. The molecule has 10 nitrogen and oxygen atoms in total. The van der Waals surface area contributed by atoms with Gasteiger partial charge in [-0.2, -0.15) is 10.2 Å². The van der Waals surface area contributed by atoms with E-state index in [1.807, 2.05) is 26.8 Å². The van der Waals surface area contributed by atoms with Gasteiger partial charge in [-0.15, -0.1) is 0 Å². The van der Waals surface area contributed by atoms with E-state index in [4.69, 9.17) is 13.9 Å². The number of nitrogens with one attached hydrogen (secondary N) is 1. The number of hydrogen-bond acceptors (Lipinski definition) is 8. The predicted molar refractivity (Wildman–Crippen MR) is 119 cm³/mol. The summed E-state index contributed by atoms with van der Waals surface area (Å²) in [4.78, 5) is 23.6. The number of carbonyl (C=O) groups is 2. The van der Waals surface area contributed by atoms with Gasteiger partial charge in [-0.05, 0) is 62.7 Å². The lowest BCUT2D eigenvalue weighted by Gasteiger charge is -2.11. The van der Waals surface area contributed by atoms with E-state index in [-0.39, 0.29) is 24.8 Å². The number of benzene rings is 1. The molecule has 0 radical (unpaired) electrons. The Morgan fingerprint density at radius 1 is 1.15 bits per heavy atom. The normalized spacial score (nSPS) is 10.9. The molecule has 0 aliphatic rings. The van der Waals surface area contributed by atoms with Gasteiger partial charge in [0.1, 0.15) is 18.9 Å². The van der Waals surface area contributed by atoms with Crippen molar-refractivity contribution in [3.05, 3.63) is 64.9 Å². The molecule has 0 aliphatic carbocycles. The van der Waals surface area contributed by atoms with E-state index < -0.39 is 5.97 Å². The van der Waals surface area contributed by atoms with Crippen molar-refractivity contribution in [2.45, 2.75) is 33.9 Å². The maximum atomic E-state index is 12.1. The molecule has 0 aliphatic heterocycles. The van der Waals surface area contributed by atoms with Crippen molar-refractivity contribution in [1.82, 2.24) is 15.2 Å². The number of ether oxygens (including phenoxy) is 3. The second kappa shape index (κ2) is 11.0. The number of amides is 1. The first-order valence-corrected chi connectivity index (χ1v) is 10.3. The molecule has 0 atom stereocenters. The summed E-state index contributed by atoms with van der Waals surface area (Å²) in [6.07, 6.45) is 1.51. The third-order valence-corrected chi connectivity index (χ3v) is 4.49. The summed E-state index contributed by atoms with van der Waals surface area (Å²) in [6.45, 7) is 6.24. The molecule has 174 valence electrons. The van der Waals surface area contributed by atoms with Crippen LogP contribution in [0.1, 0.15) is 40.2 Å². The van der Waals surface area contributed by atoms with Crippen LogP contribution in [-0.4, -0.2) is 41.6 Å². The van der Waals surface area contributed by atoms with Crippen LogP contribution >= 0.6 is 0 Å². The van der Waals surface area contributed by atoms with Crippen molar-refractivity contribution in [3.8, 4) is 11.5 Å². The molecule has 1 aromatic carbocycles. The maximum absolute atomic E-state index is 12.1. The lowest BCUT2D eigenvalue weighted by molar-refractivity contribution is -0.121. The number of nitrogens with zero attached hydrogens (tertiary/aromatic N) is 3. The van der Waals surface area contributed by atoms with E-state index in [0.717, 1.165) is 11.4 Å². The van der Waals surface area contributed by atoms with Crippen molar-refractivity contribution < 1.29 is 28.2 Å². The Balaban J connectivity index is 1.60. The number of aromatic nitrogens is 2. The van der Waals surface area contributed by atoms with Crippen LogP contribution in [0.2, 0.25) is 0 Å². The summed E-state index contributed by atoms with van der Waals surface area (Å²) in [6, 6.07) is 10.3. The van der Waals surface area contributed by atoms with Gasteiger partial charge in [0, 0.05) is 5.69 Å². The van der Waals surface area contributed by atoms with Gasteiger partial charge in [-0.25, -0.2) is 10.2 Å². The highest BCUT2D eigenvalue weighted by Crippen LogP contribution is 2.29. The molecule has 0 saturated heterocycles. The van der Waals surface area contributed by atoms with Crippen LogP contribution in [0, 0.1) is 13.8 Å². The molecule has 0 spiro atoms. The van der Waals surface area contributed by atoms with Crippen LogP contribution in [0.3, 0.4) is 0 Å². The zero-order valence-corrected chi connectivity index (χ0v) is 19.0. The molecular formula is C23H26N4O6. The van der Waals surface area contributed by atoms with Crippen molar-refractivity contribution in [2.75, 3.05) is 13.7 Å². The fourth-order valence-corrected chi connectivity index (χ4v) is 2.99. The summed E-state index contributed by atoms with van der Waals surface area (Å²) in [5.41, 5.74) is 4.96. The SMILES string of the molecule is CCOc1cc(/C=N/NC(=O)Cn2nc(C)cc2C)ccc1OCc1ccc(C(=O)OC)o1. The Hall–Kier alpha value is -4.08. The molecular weight excluding hydrogens is 428 g/mol. The molecule has 3 aromatic rings. The Kier molecular flexibility index (Phi) is 7.85. The second-order valence-corrected chi connectivity index (χ2v) is 7.06. The number of aryl methyl sites for hydroxylation is 2. The first kappa shape index (κ1) is 23.6. The molecule has 0 fully saturated rings. The highest BCUT2D eigenvalue weighted by atomic mass is 16.5. The number of hydrazone groups is 1. The van der Waals surface area contributed by atoms with Crippen molar-refractivity contribution in [3.63, 3.8) is 0 Å². The fraction of sp³-hybridized carbons (Fsp3) is 0.304. The maximum Gasteiger partial charge on any atom is 0.373 e. The molecule has 1 amide bonds. The third-order valence-electron chi connectivity index (χ3n) is 4.49. The van der Waals surface area contributed by atoms with Crippen LogP contribution in [0.4, 0.5) is 0 Å². The topological polar surface area (TPSA) is 117 Å². The third kappa shape index (κ3) is 6.45. The van der Waals surface area contributed by atoms with Gasteiger partial charge >= 0.3 is 5.97 Å². The molecule has 3 rings (SSSR count). The van der Waals surface area contributed by atoms with Crippen LogP contribution in [0.25, 0.3) is 0 Å². The van der Waals surface area contributed by atoms with Crippen LogP contribution in [0.5, 0.6) is 11.5 Å². The van der Waals surface area contributed by atoms with Gasteiger partial charge in [0.15, 0.2) is 11.5 Å². The smallest absolute Gasteiger partial charge is 0.373 e. The predicted octanol–water partition coefficient (Wildman–Crippen LogP) is 3.01. The summed E-state index contributed by atoms with van der Waals surface area (Å²) >= 11 is 0. The first-order chi connectivity index (χ1) is 15.9. The second-order valence-electron chi connectivity index (χ2n) is 7.06. The first-order valence-electron chi connectivity index (χ1n) is 10.3. The summed E-state index contributed by atoms with van der Waals surface area (Å²) in [7, 11) is 1.28. The molecule has 2 heterocycles. The van der Waals surface area contributed by atoms with Crippen molar-refractivity contribution >= 4 is 18.1 Å². The van der Waals surface area contributed by atoms with Crippen LogP contribution in [-0.2, 0) is 22.7 Å². The van der Waals surface area contributed by atoms with E-state index in [9.17, 15) is 9.59 Å². The van der Waals surface area contributed by atoms with E-state index in [0.29, 0.717) is 29.4 Å². The Morgan fingerprint density at radius 2 is 1.97 bits per heavy atom. The van der Waals surface area contributed by atoms with Gasteiger partial charge in [0.25, 0.3) is 5.91 Å². The Bertz CT molecular complexity index is 1150. The standard InChI is InChI=1S/C23H26N4O6/c1-5-31-21-11-17(12-24-25-22(28)13-27-16(3)10-15(2)26-27)6-8-19(21)32-14-18-7-9-20(33-18)23(29)30-4/h6-12H,5,13-14H2,1-4H3,(H,25,28)/b24-12+. The largest absolute Gasteiger partial charge is 0.490 e. The number of hydrogen-bond donors (Lipinski definition) is 1. The van der Waals surface area contributed by atoms with Crippen molar-refractivity contribution in [1.29, 1.82) is 0 Å². The highest BCUT2D eigenvalue weighted by Gasteiger charge is 2.13. The van der Waals surface area contributed by atoms with E-state index in [1.165, 1.54) is 19.4 Å². The Morgan fingerprint density at radius 3 is 2.67 bits per heavy atom. The van der Waals surface area contributed by atoms with Crippen molar-refractivity contribution in [2.24, 2.45) is 5.10 Å². The zero-order chi connectivity index (χ0) is 23.8. The minimum atomic E-state index is -0.554. The van der Waals surface area contributed by atoms with Gasteiger partial charge in [0.05, 0.1) is 25.6 Å². The van der Waals surface area contributed by atoms with Crippen LogP contribution < -0.4 is 14.9 Å². The quantitative estimate of drug-likeness (QED) is 0.284. The number of esters is 1. The number of rotatable bonds is 10. The summed E-state index contributed by atoms with van der Waals surface area (Å²) in [5.74, 6) is 0.740. The van der Waals surface area contributed by atoms with Gasteiger partial charge in [0.2, 0.25) is 5.76 Å². The molecule has 2 aromatic heterocycles. The fourth-order valence-electron chi connectivity index (χ4n) is 2.99. The molecule has 1 N–H and O–H groups in total. The average Bonchev–Trinajstić information content (AvgIpc) is 3.38. The molecule has 0 unspecified atom stereocenters. The summed E-state index contributed by atoms with van der Waals surface area (Å²) in [5, 5.41) is 8.26. The monoisotopic (exact) mass is 454 g/mol. The number of methoxy groups -OCH3 is 1. The zero-order valence-electron chi connectivity index (χ0n) is 19.0. The molecule has 0 bridgehead atoms. The van der Waals surface area contributed by atoms with Crippen LogP contribution in [0.15, 0.2) is 45.9 Å². The minimum Gasteiger partial charge on any atom is -0.490 e. The molecule has 0 saturated carbocycles. The number of carbonyl (C=O) groups excluding carboxylic acids is 2. The average molecular weight is 454 g/mol. The lowest BCUT2D eigenvalue weighted by atomic mass is 10.2. The van der Waals surface area contributed by atoms with Gasteiger partial charge in [-0.1, -0.05) is 0 Å². The molecule has 33 heavy (non-hydrogen) atoms. The van der Waals surface area contributed by atoms with E-state index >= 15 is 0 Å². The number of furan rings is 1. The Labute approximate surface area is 191 Å². The highest BCUT2D eigenvalue weighted by molar-refractivity contribution is 5.86. The molecule has 10 heteroatoms. The van der Waals surface area contributed by atoms with E-state index in [1.54, 1.807) is 28.9 Å². The summed E-state index contributed by atoms with van der Waals surface area (Å²) < 4.78 is 23.1. The lowest BCUT2D eigenvalue weighted by Crippen LogP contribution is -2.24. The van der Waals surface area contributed by atoms with E-state index in [2.05, 4.69) is 20.4 Å². The van der Waals surface area contributed by atoms with Gasteiger partial charge in [-0.3, -0.25) is 9.48 Å². The van der Waals surface area contributed by atoms with Gasteiger partial charge < -0.3 is 18.6 Å².